The highest BCUT2D eigenvalue weighted by molar-refractivity contribution is 5.42. The fourth-order valence-electron chi connectivity index (χ4n) is 0.448. The summed E-state index contributed by atoms with van der Waals surface area (Å²) in [6.45, 7) is 2.02. The van der Waals surface area contributed by atoms with Crippen molar-refractivity contribution >= 4 is 6.47 Å². The second kappa shape index (κ2) is 2.30. The minimum absolute atomic E-state index is 0.197. The zero-order valence-corrected chi connectivity index (χ0v) is 4.83. The first kappa shape index (κ1) is 5.81. The molecule has 0 saturated carbocycles. The van der Waals surface area contributed by atoms with Crippen molar-refractivity contribution in [3.8, 4) is 5.88 Å². The van der Waals surface area contributed by atoms with Crippen LogP contribution in [0.1, 0.15) is 5.76 Å². The minimum atomic E-state index is 0.197. The van der Waals surface area contributed by atoms with Crippen molar-refractivity contribution in [1.29, 1.82) is 0 Å². The highest BCUT2D eigenvalue weighted by Gasteiger charge is 1.97. The Morgan fingerprint density at radius 1 is 1.89 bits per heavy atom. The van der Waals surface area contributed by atoms with Gasteiger partial charge in [0.15, 0.2) is 0 Å². The Balaban J connectivity index is 2.72. The second-order valence-corrected chi connectivity index (χ2v) is 1.49. The fraction of sp³-hybridized carbons (Fsp3) is 0.200. The van der Waals surface area contributed by atoms with Crippen LogP contribution >= 0.6 is 0 Å². The number of nitrogens with zero attached hydrogens (tertiary/aromatic N) is 1. The molecule has 0 spiro atoms. The number of aromatic nitrogens is 1. The van der Waals surface area contributed by atoms with Crippen LogP contribution in [0.25, 0.3) is 0 Å². The van der Waals surface area contributed by atoms with Crippen molar-refractivity contribution < 1.29 is 14.1 Å². The molecule has 0 amide bonds. The Kier molecular flexibility index (Phi) is 1.48. The maximum Gasteiger partial charge on any atom is 0.299 e. The van der Waals surface area contributed by atoms with E-state index in [-0.39, 0.29) is 5.88 Å². The van der Waals surface area contributed by atoms with Crippen LogP contribution in [0.3, 0.4) is 0 Å². The van der Waals surface area contributed by atoms with Gasteiger partial charge in [-0.15, -0.1) is 0 Å². The highest BCUT2D eigenvalue weighted by Crippen LogP contribution is 2.07. The molecule has 0 atom stereocenters. The van der Waals surface area contributed by atoms with Gasteiger partial charge in [0.2, 0.25) is 0 Å². The SMILES string of the molecule is Cc1cc(OC=O)no1. The van der Waals surface area contributed by atoms with E-state index in [1.165, 1.54) is 6.07 Å². The molecule has 4 nitrogen and oxygen atoms in total. The molecule has 0 saturated heterocycles. The topological polar surface area (TPSA) is 52.3 Å². The van der Waals surface area contributed by atoms with Gasteiger partial charge in [-0.2, -0.15) is 0 Å². The van der Waals surface area contributed by atoms with Crippen molar-refractivity contribution in [1.82, 2.24) is 5.16 Å². The van der Waals surface area contributed by atoms with Crippen molar-refractivity contribution in [3.63, 3.8) is 0 Å². The molecule has 1 rings (SSSR count). The van der Waals surface area contributed by atoms with Crippen LogP contribution in [0.15, 0.2) is 10.6 Å². The molecule has 9 heavy (non-hydrogen) atoms. The van der Waals surface area contributed by atoms with E-state index >= 15 is 0 Å². The van der Waals surface area contributed by atoms with E-state index in [0.717, 1.165) is 0 Å². The van der Waals surface area contributed by atoms with Gasteiger partial charge in [0.25, 0.3) is 12.4 Å². The summed E-state index contributed by atoms with van der Waals surface area (Å²) in [7, 11) is 0. The molecule has 0 N–H and O–H groups in total. The Morgan fingerprint density at radius 2 is 2.67 bits per heavy atom. The minimum Gasteiger partial charge on any atom is -0.406 e. The standard InChI is InChI=1S/C5H5NO3/c1-4-2-5(6-9-4)8-3-7/h2-3H,1H3. The van der Waals surface area contributed by atoms with Crippen LogP contribution in [0.5, 0.6) is 5.88 Å². The van der Waals surface area contributed by atoms with Crippen LogP contribution in [0.2, 0.25) is 0 Å². The summed E-state index contributed by atoms with van der Waals surface area (Å²) >= 11 is 0. The molecule has 0 aliphatic carbocycles. The third-order valence-electron chi connectivity index (χ3n) is 0.775. The van der Waals surface area contributed by atoms with E-state index in [0.29, 0.717) is 12.2 Å². The normalized spacial score (nSPS) is 9.00. The number of aryl methyl sites for hydroxylation is 1. The summed E-state index contributed by atoms with van der Waals surface area (Å²) in [5, 5.41) is 3.38. The lowest BCUT2D eigenvalue weighted by atomic mass is 10.5. The highest BCUT2D eigenvalue weighted by atomic mass is 16.6. The third kappa shape index (κ3) is 1.28. The maximum atomic E-state index is 9.68. The van der Waals surface area contributed by atoms with Crippen LogP contribution in [-0.2, 0) is 4.79 Å². The lowest BCUT2D eigenvalue weighted by molar-refractivity contribution is -0.121. The first-order valence-corrected chi connectivity index (χ1v) is 2.36. The molecule has 48 valence electrons. The number of ether oxygens (including phenoxy) is 1. The van der Waals surface area contributed by atoms with E-state index in [1.54, 1.807) is 6.92 Å². The summed E-state index contributed by atoms with van der Waals surface area (Å²) in [5.41, 5.74) is 0. The molecule has 0 fully saturated rings. The first-order chi connectivity index (χ1) is 4.33. The molecule has 0 unspecified atom stereocenters. The summed E-state index contributed by atoms with van der Waals surface area (Å²) in [4.78, 5) is 9.68. The van der Waals surface area contributed by atoms with Crippen LogP contribution in [0, 0.1) is 6.92 Å². The molecular weight excluding hydrogens is 122 g/mol. The van der Waals surface area contributed by atoms with Crippen molar-refractivity contribution in [3.05, 3.63) is 11.8 Å². The third-order valence-corrected chi connectivity index (χ3v) is 0.775. The quantitative estimate of drug-likeness (QED) is 0.543. The monoisotopic (exact) mass is 127 g/mol. The molecule has 0 aliphatic heterocycles. The number of hydrogen-bond acceptors (Lipinski definition) is 4. The molecule has 0 radical (unpaired) electrons. The molecule has 0 bridgehead atoms. The summed E-state index contributed by atoms with van der Waals surface area (Å²) in [5.74, 6) is 0.814. The van der Waals surface area contributed by atoms with Gasteiger partial charge < -0.3 is 9.26 Å². The average Bonchev–Trinajstić information content (AvgIpc) is 2.17. The number of carbonyl (C=O) groups excluding carboxylic acids is 1. The molecule has 4 heteroatoms. The van der Waals surface area contributed by atoms with Gasteiger partial charge >= 0.3 is 0 Å². The van der Waals surface area contributed by atoms with E-state index in [2.05, 4.69) is 14.4 Å². The van der Waals surface area contributed by atoms with E-state index < -0.39 is 0 Å². The Bertz CT molecular complexity index is 206. The van der Waals surface area contributed by atoms with Crippen molar-refractivity contribution in [2.75, 3.05) is 0 Å². The maximum absolute atomic E-state index is 9.68. The summed E-state index contributed by atoms with van der Waals surface area (Å²) < 4.78 is 8.92. The van der Waals surface area contributed by atoms with Gasteiger partial charge in [-0.1, -0.05) is 0 Å². The van der Waals surface area contributed by atoms with Gasteiger partial charge in [-0.05, 0) is 12.1 Å². The van der Waals surface area contributed by atoms with Crippen molar-refractivity contribution in [2.24, 2.45) is 0 Å². The lowest BCUT2D eigenvalue weighted by Crippen LogP contribution is -1.86. The zero-order chi connectivity index (χ0) is 6.69. The fourth-order valence-corrected chi connectivity index (χ4v) is 0.448. The Hall–Kier alpha value is -1.32. The molecule has 0 aromatic carbocycles. The van der Waals surface area contributed by atoms with E-state index in [4.69, 9.17) is 0 Å². The van der Waals surface area contributed by atoms with E-state index in [9.17, 15) is 4.79 Å². The van der Waals surface area contributed by atoms with Gasteiger partial charge in [0.1, 0.15) is 5.76 Å². The molecule has 0 aliphatic rings. The summed E-state index contributed by atoms with van der Waals surface area (Å²) in [6.07, 6.45) is 0. The first-order valence-electron chi connectivity index (χ1n) is 2.36. The Labute approximate surface area is 51.4 Å². The lowest BCUT2D eigenvalue weighted by Gasteiger charge is -1.81. The van der Waals surface area contributed by atoms with Gasteiger partial charge in [0, 0.05) is 6.07 Å². The average molecular weight is 127 g/mol. The second-order valence-electron chi connectivity index (χ2n) is 1.49. The zero-order valence-electron chi connectivity index (χ0n) is 4.83. The van der Waals surface area contributed by atoms with Crippen LogP contribution in [0.4, 0.5) is 0 Å². The van der Waals surface area contributed by atoms with Gasteiger partial charge in [-0.3, -0.25) is 4.79 Å². The number of hydrogen-bond donors (Lipinski definition) is 0. The molecule has 1 heterocycles. The molecule has 1 aromatic heterocycles. The number of rotatable bonds is 2. The van der Waals surface area contributed by atoms with Crippen molar-refractivity contribution in [2.45, 2.75) is 6.92 Å². The van der Waals surface area contributed by atoms with Crippen LogP contribution < -0.4 is 4.74 Å². The predicted molar refractivity (Wildman–Crippen MR) is 27.9 cm³/mol. The smallest absolute Gasteiger partial charge is 0.299 e. The van der Waals surface area contributed by atoms with E-state index in [1.807, 2.05) is 0 Å². The van der Waals surface area contributed by atoms with Gasteiger partial charge in [-0.25, -0.2) is 0 Å². The predicted octanol–water partition coefficient (Wildman–Crippen LogP) is 0.518. The molecular formula is C5H5NO3. The molecule has 1 aromatic rings. The largest absolute Gasteiger partial charge is 0.406 e. The number of carbonyl (C=O) groups is 1. The van der Waals surface area contributed by atoms with Gasteiger partial charge in [0.05, 0.1) is 0 Å². The van der Waals surface area contributed by atoms with Crippen LogP contribution in [-0.4, -0.2) is 11.6 Å². The summed E-state index contributed by atoms with van der Waals surface area (Å²) in [6, 6.07) is 1.52. The Morgan fingerprint density at radius 3 is 3.11 bits per heavy atom.